The third-order valence-electron chi connectivity index (χ3n) is 1.83. The molecule has 0 aromatic carbocycles. The maximum Gasteiger partial charge on any atom is 0.136 e. The van der Waals surface area contributed by atoms with E-state index in [9.17, 15) is 4.79 Å². The highest BCUT2D eigenvalue weighted by Gasteiger charge is 2.28. The van der Waals surface area contributed by atoms with E-state index < -0.39 is 0 Å². The van der Waals surface area contributed by atoms with Crippen molar-refractivity contribution in [2.24, 2.45) is 5.92 Å². The van der Waals surface area contributed by atoms with Crippen molar-refractivity contribution in [3.63, 3.8) is 0 Å². The summed E-state index contributed by atoms with van der Waals surface area (Å²) >= 11 is 0. The lowest BCUT2D eigenvalue weighted by Crippen LogP contribution is -1.97. The number of carbonyl (C=O) groups excluding carboxylic acids is 1. The first-order valence-electron chi connectivity index (χ1n) is 3.98. The van der Waals surface area contributed by atoms with Crippen molar-refractivity contribution in [1.29, 1.82) is 0 Å². The number of allylic oxidation sites excluding steroid dienone is 2. The van der Waals surface area contributed by atoms with Crippen LogP contribution in [0.5, 0.6) is 0 Å². The van der Waals surface area contributed by atoms with E-state index in [0.29, 0.717) is 11.7 Å². The highest BCUT2D eigenvalue weighted by molar-refractivity contribution is 5.83. The summed E-state index contributed by atoms with van der Waals surface area (Å²) in [6.45, 7) is 1.99. The van der Waals surface area contributed by atoms with E-state index in [0.717, 1.165) is 25.7 Å². The van der Waals surface area contributed by atoms with Gasteiger partial charge in [0.25, 0.3) is 0 Å². The lowest BCUT2D eigenvalue weighted by atomic mass is 10.1. The lowest BCUT2D eigenvalue weighted by Gasteiger charge is -1.91. The second-order valence-corrected chi connectivity index (χ2v) is 2.85. The Morgan fingerprint density at radius 1 is 1.60 bits per heavy atom. The normalized spacial score (nSPS) is 18.1. The first-order chi connectivity index (χ1) is 4.84. The van der Waals surface area contributed by atoms with Crippen LogP contribution >= 0.6 is 0 Å². The Bertz CT molecular complexity index is 143. The summed E-state index contributed by atoms with van der Waals surface area (Å²) in [5.74, 6) is 0.920. The van der Waals surface area contributed by atoms with Crippen LogP contribution in [0.1, 0.15) is 32.6 Å². The lowest BCUT2D eigenvalue weighted by molar-refractivity contribution is -0.120. The quantitative estimate of drug-likeness (QED) is 0.545. The summed E-state index contributed by atoms with van der Waals surface area (Å²) < 4.78 is 0. The molecule has 0 saturated heterocycles. The first kappa shape index (κ1) is 7.52. The molecular formula is C9H14O. The zero-order valence-corrected chi connectivity index (χ0v) is 6.47. The molecule has 0 amide bonds. The standard InChI is InChI=1S/C9H14O/c1-2-3-4-5-9(10)8-6-7-8/h2-3,8H,4-7H2,1H3/b3-2+. The van der Waals surface area contributed by atoms with E-state index >= 15 is 0 Å². The van der Waals surface area contributed by atoms with Gasteiger partial charge in [-0.1, -0.05) is 12.2 Å². The highest BCUT2D eigenvalue weighted by Crippen LogP contribution is 2.31. The van der Waals surface area contributed by atoms with Gasteiger partial charge in [-0.15, -0.1) is 0 Å². The molecule has 1 fully saturated rings. The molecule has 0 aromatic heterocycles. The summed E-state index contributed by atoms with van der Waals surface area (Å²) in [5, 5.41) is 0. The van der Waals surface area contributed by atoms with Crippen LogP contribution in [0.2, 0.25) is 0 Å². The van der Waals surface area contributed by atoms with E-state index in [1.54, 1.807) is 0 Å². The minimum atomic E-state index is 0.449. The molecule has 0 N–H and O–H groups in total. The van der Waals surface area contributed by atoms with Gasteiger partial charge in [0, 0.05) is 12.3 Å². The molecule has 1 saturated carbocycles. The van der Waals surface area contributed by atoms with Crippen molar-refractivity contribution in [2.75, 3.05) is 0 Å². The number of hydrogen-bond donors (Lipinski definition) is 0. The Kier molecular flexibility index (Phi) is 2.67. The minimum absolute atomic E-state index is 0.449. The van der Waals surface area contributed by atoms with Crippen LogP contribution in [0.3, 0.4) is 0 Å². The molecule has 0 unspecified atom stereocenters. The largest absolute Gasteiger partial charge is 0.299 e. The number of carbonyl (C=O) groups is 1. The van der Waals surface area contributed by atoms with Gasteiger partial charge in [-0.25, -0.2) is 0 Å². The van der Waals surface area contributed by atoms with Gasteiger partial charge in [-0.2, -0.15) is 0 Å². The van der Waals surface area contributed by atoms with E-state index in [1.807, 2.05) is 13.0 Å². The van der Waals surface area contributed by atoms with Crippen LogP contribution < -0.4 is 0 Å². The Morgan fingerprint density at radius 3 is 2.80 bits per heavy atom. The van der Waals surface area contributed by atoms with Crippen molar-refractivity contribution in [3.05, 3.63) is 12.2 Å². The van der Waals surface area contributed by atoms with E-state index in [-0.39, 0.29) is 0 Å². The maximum absolute atomic E-state index is 11.0. The fourth-order valence-electron chi connectivity index (χ4n) is 1.00. The summed E-state index contributed by atoms with van der Waals surface area (Å²) in [4.78, 5) is 11.0. The van der Waals surface area contributed by atoms with Gasteiger partial charge in [-0.3, -0.25) is 4.79 Å². The second kappa shape index (κ2) is 3.55. The number of rotatable bonds is 4. The van der Waals surface area contributed by atoms with Gasteiger partial charge in [0.05, 0.1) is 0 Å². The summed E-state index contributed by atoms with van der Waals surface area (Å²) in [6.07, 6.45) is 8.05. The molecule has 0 atom stereocenters. The van der Waals surface area contributed by atoms with Crippen LogP contribution in [0.15, 0.2) is 12.2 Å². The molecule has 0 bridgehead atoms. The van der Waals surface area contributed by atoms with Gasteiger partial charge in [0.2, 0.25) is 0 Å². The molecule has 0 aliphatic heterocycles. The SMILES string of the molecule is C/C=C/CCC(=O)C1CC1. The minimum Gasteiger partial charge on any atom is -0.299 e. The molecule has 1 aliphatic rings. The van der Waals surface area contributed by atoms with Crippen molar-refractivity contribution >= 4 is 5.78 Å². The maximum atomic E-state index is 11.0. The topological polar surface area (TPSA) is 17.1 Å². The molecule has 10 heavy (non-hydrogen) atoms. The van der Waals surface area contributed by atoms with E-state index in [4.69, 9.17) is 0 Å². The van der Waals surface area contributed by atoms with Crippen molar-refractivity contribution < 1.29 is 4.79 Å². The van der Waals surface area contributed by atoms with Gasteiger partial charge < -0.3 is 0 Å². The highest BCUT2D eigenvalue weighted by atomic mass is 16.1. The van der Waals surface area contributed by atoms with Crippen LogP contribution in [0.25, 0.3) is 0 Å². The number of hydrogen-bond acceptors (Lipinski definition) is 1. The van der Waals surface area contributed by atoms with Crippen LogP contribution in [0, 0.1) is 5.92 Å². The Labute approximate surface area is 62.1 Å². The zero-order valence-electron chi connectivity index (χ0n) is 6.47. The fourth-order valence-corrected chi connectivity index (χ4v) is 1.00. The molecule has 0 aromatic rings. The molecule has 0 spiro atoms. The monoisotopic (exact) mass is 138 g/mol. The van der Waals surface area contributed by atoms with Crippen LogP contribution in [-0.4, -0.2) is 5.78 Å². The molecule has 56 valence electrons. The second-order valence-electron chi connectivity index (χ2n) is 2.85. The summed E-state index contributed by atoms with van der Waals surface area (Å²) in [6, 6.07) is 0. The molecule has 0 radical (unpaired) electrons. The van der Waals surface area contributed by atoms with Crippen molar-refractivity contribution in [3.8, 4) is 0 Å². The average Bonchev–Trinajstić information content (AvgIpc) is 2.69. The predicted octanol–water partition coefficient (Wildman–Crippen LogP) is 2.32. The summed E-state index contributed by atoms with van der Waals surface area (Å²) in [5.41, 5.74) is 0. The Morgan fingerprint density at radius 2 is 2.30 bits per heavy atom. The van der Waals surface area contributed by atoms with Gasteiger partial charge in [-0.05, 0) is 26.2 Å². The first-order valence-corrected chi connectivity index (χ1v) is 3.98. The number of ketones is 1. The third-order valence-corrected chi connectivity index (χ3v) is 1.83. The van der Waals surface area contributed by atoms with E-state index in [2.05, 4.69) is 6.08 Å². The molecule has 1 aliphatic carbocycles. The van der Waals surface area contributed by atoms with Crippen molar-refractivity contribution in [1.82, 2.24) is 0 Å². The average molecular weight is 138 g/mol. The van der Waals surface area contributed by atoms with Gasteiger partial charge in [0.1, 0.15) is 5.78 Å². The molecule has 1 heteroatoms. The van der Waals surface area contributed by atoms with Crippen molar-refractivity contribution in [2.45, 2.75) is 32.6 Å². The van der Waals surface area contributed by atoms with Gasteiger partial charge >= 0.3 is 0 Å². The smallest absolute Gasteiger partial charge is 0.136 e. The molecule has 1 rings (SSSR count). The summed E-state index contributed by atoms with van der Waals surface area (Å²) in [7, 11) is 0. The van der Waals surface area contributed by atoms with Crippen LogP contribution in [-0.2, 0) is 4.79 Å². The Hall–Kier alpha value is -0.590. The van der Waals surface area contributed by atoms with E-state index in [1.165, 1.54) is 0 Å². The molecule has 0 heterocycles. The molecule has 1 nitrogen and oxygen atoms in total. The number of Topliss-reactive ketones (excluding diaryl/α,β-unsaturated/α-hetero) is 1. The Balaban J connectivity index is 2.06. The fraction of sp³-hybridized carbons (Fsp3) is 0.667. The third kappa shape index (κ3) is 2.34. The van der Waals surface area contributed by atoms with Gasteiger partial charge in [0.15, 0.2) is 0 Å². The zero-order chi connectivity index (χ0) is 7.40. The molecular weight excluding hydrogens is 124 g/mol. The predicted molar refractivity (Wildman–Crippen MR) is 41.8 cm³/mol. The van der Waals surface area contributed by atoms with Crippen LogP contribution in [0.4, 0.5) is 0 Å².